The van der Waals surface area contributed by atoms with Crippen LogP contribution in [-0.4, -0.2) is 77.3 Å². The highest BCUT2D eigenvalue weighted by molar-refractivity contribution is 8.18. The zero-order valence-corrected chi connectivity index (χ0v) is 20.0. The highest BCUT2D eigenvalue weighted by Crippen LogP contribution is 2.33. The third kappa shape index (κ3) is 4.64. The number of hydrogen-bond donors (Lipinski definition) is 0. The molecular formula is C24H25N3O6S. The van der Waals surface area contributed by atoms with Gasteiger partial charge in [-0.25, -0.2) is 4.79 Å². The van der Waals surface area contributed by atoms with Gasteiger partial charge in [-0.3, -0.25) is 19.3 Å². The predicted molar refractivity (Wildman–Crippen MR) is 127 cm³/mol. The molecule has 1 aromatic carbocycles. The van der Waals surface area contributed by atoms with Crippen LogP contribution in [0.25, 0.3) is 11.8 Å². The minimum atomic E-state index is -0.469. The van der Waals surface area contributed by atoms with E-state index in [2.05, 4.69) is 0 Å². The van der Waals surface area contributed by atoms with Crippen LogP contribution in [0, 0.1) is 13.8 Å². The second-order valence-corrected chi connectivity index (χ2v) is 8.95. The van der Waals surface area contributed by atoms with E-state index >= 15 is 0 Å². The first-order chi connectivity index (χ1) is 16.3. The summed E-state index contributed by atoms with van der Waals surface area (Å²) in [6, 6.07) is 8.95. The number of aromatic nitrogens is 1. The SMILES string of the molecule is COC(=O)c1ccc(-n2c(C)cc(/C=C3/SC(=O)N(CC(=O)N4CCOCC4)C3=O)c2C)cc1. The van der Waals surface area contributed by atoms with Crippen LogP contribution in [0.4, 0.5) is 4.79 Å². The maximum atomic E-state index is 12.9. The van der Waals surface area contributed by atoms with Crippen LogP contribution < -0.4 is 0 Å². The van der Waals surface area contributed by atoms with Crippen LogP contribution in [0.2, 0.25) is 0 Å². The number of hydrogen-bond acceptors (Lipinski definition) is 7. The van der Waals surface area contributed by atoms with Gasteiger partial charge in [0.15, 0.2) is 0 Å². The van der Waals surface area contributed by atoms with Gasteiger partial charge in [0, 0.05) is 30.2 Å². The first-order valence-corrected chi connectivity index (χ1v) is 11.6. The Bertz CT molecular complexity index is 1180. The zero-order valence-electron chi connectivity index (χ0n) is 19.2. The molecule has 3 heterocycles. The lowest BCUT2D eigenvalue weighted by molar-refractivity contribution is -0.139. The number of aryl methyl sites for hydroxylation is 1. The number of ether oxygens (including phenoxy) is 2. The summed E-state index contributed by atoms with van der Waals surface area (Å²) in [6.07, 6.45) is 1.69. The summed E-state index contributed by atoms with van der Waals surface area (Å²) in [5.74, 6) is -1.14. The Morgan fingerprint density at radius 2 is 1.79 bits per heavy atom. The van der Waals surface area contributed by atoms with E-state index in [1.807, 2.05) is 36.6 Å². The molecule has 178 valence electrons. The van der Waals surface area contributed by atoms with Crippen LogP contribution in [0.5, 0.6) is 0 Å². The fourth-order valence-corrected chi connectivity index (χ4v) is 4.85. The van der Waals surface area contributed by atoms with Gasteiger partial charge in [0.25, 0.3) is 11.1 Å². The van der Waals surface area contributed by atoms with Crippen molar-refractivity contribution in [2.75, 3.05) is 40.0 Å². The Labute approximate surface area is 201 Å². The molecule has 3 amide bonds. The van der Waals surface area contributed by atoms with Gasteiger partial charge in [0.1, 0.15) is 6.54 Å². The molecule has 1 aromatic heterocycles. The number of amides is 3. The lowest BCUT2D eigenvalue weighted by Gasteiger charge is -2.28. The van der Waals surface area contributed by atoms with Gasteiger partial charge in [-0.2, -0.15) is 0 Å². The third-order valence-electron chi connectivity index (χ3n) is 5.83. The molecule has 0 bridgehead atoms. The molecule has 10 heteroatoms. The quantitative estimate of drug-likeness (QED) is 0.476. The van der Waals surface area contributed by atoms with Crippen LogP contribution in [-0.2, 0) is 19.1 Å². The smallest absolute Gasteiger partial charge is 0.337 e. The normalized spacial score (nSPS) is 17.6. The molecule has 2 aromatic rings. The van der Waals surface area contributed by atoms with Gasteiger partial charge in [0.05, 0.1) is 30.8 Å². The molecule has 0 N–H and O–H groups in total. The average molecular weight is 484 g/mol. The monoisotopic (exact) mass is 483 g/mol. The molecule has 0 aliphatic carbocycles. The van der Waals surface area contributed by atoms with Crippen molar-refractivity contribution in [2.24, 2.45) is 0 Å². The second-order valence-electron chi connectivity index (χ2n) is 7.96. The van der Waals surface area contributed by atoms with Crippen molar-refractivity contribution in [3.8, 4) is 5.69 Å². The molecule has 0 spiro atoms. The number of carbonyl (C=O) groups is 4. The molecule has 2 fully saturated rings. The van der Waals surface area contributed by atoms with E-state index in [0.717, 1.165) is 39.3 Å². The number of carbonyl (C=O) groups excluding carboxylic acids is 4. The van der Waals surface area contributed by atoms with Crippen molar-refractivity contribution in [1.82, 2.24) is 14.4 Å². The van der Waals surface area contributed by atoms with E-state index in [0.29, 0.717) is 31.9 Å². The predicted octanol–water partition coefficient (Wildman–Crippen LogP) is 2.78. The van der Waals surface area contributed by atoms with Gasteiger partial charge >= 0.3 is 5.97 Å². The number of thioether (sulfide) groups is 1. The zero-order chi connectivity index (χ0) is 24.4. The molecule has 0 radical (unpaired) electrons. The van der Waals surface area contributed by atoms with E-state index in [-0.39, 0.29) is 17.4 Å². The molecule has 9 nitrogen and oxygen atoms in total. The Hall–Kier alpha value is -3.37. The van der Waals surface area contributed by atoms with E-state index < -0.39 is 17.1 Å². The lowest BCUT2D eigenvalue weighted by atomic mass is 10.2. The molecule has 2 aliphatic rings. The van der Waals surface area contributed by atoms with Gasteiger partial charge in [0.2, 0.25) is 5.91 Å². The number of rotatable bonds is 5. The summed E-state index contributed by atoms with van der Waals surface area (Å²) in [5.41, 5.74) is 3.90. The topological polar surface area (TPSA) is 98.2 Å². The number of morpholine rings is 1. The Kier molecular flexibility index (Phi) is 6.90. The molecule has 34 heavy (non-hydrogen) atoms. The summed E-state index contributed by atoms with van der Waals surface area (Å²) in [4.78, 5) is 52.5. The molecular weight excluding hydrogens is 458 g/mol. The van der Waals surface area contributed by atoms with E-state index in [1.165, 1.54) is 7.11 Å². The summed E-state index contributed by atoms with van der Waals surface area (Å²) >= 11 is 0.835. The summed E-state index contributed by atoms with van der Waals surface area (Å²) in [5, 5.41) is -0.454. The molecule has 4 rings (SSSR count). The van der Waals surface area contributed by atoms with Gasteiger partial charge in [-0.1, -0.05) is 0 Å². The number of benzene rings is 1. The van der Waals surface area contributed by atoms with Crippen molar-refractivity contribution in [3.05, 3.63) is 57.8 Å². The minimum absolute atomic E-state index is 0.263. The maximum Gasteiger partial charge on any atom is 0.337 e. The highest BCUT2D eigenvalue weighted by atomic mass is 32.2. The summed E-state index contributed by atoms with van der Waals surface area (Å²) < 4.78 is 12.0. The van der Waals surface area contributed by atoms with Gasteiger partial charge in [-0.15, -0.1) is 0 Å². The minimum Gasteiger partial charge on any atom is -0.465 e. The lowest BCUT2D eigenvalue weighted by Crippen LogP contribution is -2.46. The fourth-order valence-electron chi connectivity index (χ4n) is 4.02. The second kappa shape index (κ2) is 9.86. The van der Waals surface area contributed by atoms with E-state index in [1.54, 1.807) is 23.1 Å². The molecule has 0 saturated carbocycles. The van der Waals surface area contributed by atoms with Crippen molar-refractivity contribution in [1.29, 1.82) is 0 Å². The third-order valence-corrected chi connectivity index (χ3v) is 6.74. The number of nitrogens with zero attached hydrogens (tertiary/aromatic N) is 3. The molecule has 0 atom stereocenters. The van der Waals surface area contributed by atoms with Crippen LogP contribution in [0.15, 0.2) is 35.2 Å². The maximum absolute atomic E-state index is 12.9. The summed E-state index contributed by atoms with van der Waals surface area (Å²) in [7, 11) is 1.34. The number of esters is 1. The van der Waals surface area contributed by atoms with Gasteiger partial charge < -0.3 is 18.9 Å². The standard InChI is InChI=1S/C24H25N3O6S/c1-15-12-18(16(2)27(15)19-6-4-17(5-7-19)23(30)32-3)13-20-22(29)26(24(31)34-20)14-21(28)25-8-10-33-11-9-25/h4-7,12-13H,8-11,14H2,1-3H3/b20-13+. The van der Waals surface area contributed by atoms with E-state index in [9.17, 15) is 19.2 Å². The molecule has 2 aliphatic heterocycles. The number of methoxy groups -OCH3 is 1. The Morgan fingerprint density at radius 1 is 1.12 bits per heavy atom. The van der Waals surface area contributed by atoms with Crippen molar-refractivity contribution < 1.29 is 28.7 Å². The molecule has 2 saturated heterocycles. The molecule has 0 unspecified atom stereocenters. The first kappa shape index (κ1) is 23.8. The fraction of sp³-hybridized carbons (Fsp3) is 0.333. The van der Waals surface area contributed by atoms with Gasteiger partial charge in [-0.05, 0) is 67.6 Å². The number of imide groups is 1. The Balaban J connectivity index is 1.54. The van der Waals surface area contributed by atoms with Crippen LogP contribution >= 0.6 is 11.8 Å². The van der Waals surface area contributed by atoms with Crippen LogP contribution in [0.1, 0.15) is 27.3 Å². The van der Waals surface area contributed by atoms with Crippen molar-refractivity contribution in [2.45, 2.75) is 13.8 Å². The van der Waals surface area contributed by atoms with Crippen molar-refractivity contribution >= 4 is 40.9 Å². The van der Waals surface area contributed by atoms with Crippen molar-refractivity contribution in [3.63, 3.8) is 0 Å². The Morgan fingerprint density at radius 3 is 2.44 bits per heavy atom. The highest BCUT2D eigenvalue weighted by Gasteiger charge is 2.37. The first-order valence-electron chi connectivity index (χ1n) is 10.8. The van der Waals surface area contributed by atoms with E-state index in [4.69, 9.17) is 9.47 Å². The largest absolute Gasteiger partial charge is 0.465 e. The summed E-state index contributed by atoms with van der Waals surface area (Å²) in [6.45, 7) is 5.40. The average Bonchev–Trinajstić information content (AvgIpc) is 3.28. The van der Waals surface area contributed by atoms with Crippen LogP contribution in [0.3, 0.4) is 0 Å².